The summed E-state index contributed by atoms with van der Waals surface area (Å²) in [5.74, 6) is 0.919. The van der Waals surface area contributed by atoms with Crippen LogP contribution in [0.5, 0.6) is 11.5 Å². The highest BCUT2D eigenvalue weighted by molar-refractivity contribution is 5.77. The van der Waals surface area contributed by atoms with Gasteiger partial charge in [-0.2, -0.15) is 0 Å². The topological polar surface area (TPSA) is 60.5 Å². The predicted octanol–water partition coefficient (Wildman–Crippen LogP) is 2.82. The number of carbonyl (C=O) groups is 1. The molecule has 0 aliphatic carbocycles. The average Bonchev–Trinajstić information content (AvgIpc) is 2.59. The Morgan fingerprint density at radius 1 is 1.26 bits per heavy atom. The number of ether oxygens (including phenoxy) is 2. The molecule has 23 heavy (non-hydrogen) atoms. The van der Waals surface area contributed by atoms with Crippen LogP contribution in [0.3, 0.4) is 0 Å². The lowest BCUT2D eigenvalue weighted by molar-refractivity contribution is -0.123. The molecular formula is C18H20N2O3. The van der Waals surface area contributed by atoms with Gasteiger partial charge in [0.1, 0.15) is 0 Å². The number of hydrogen-bond acceptors (Lipinski definition) is 4. The summed E-state index contributed by atoms with van der Waals surface area (Å²) >= 11 is 0. The number of benzene rings is 1. The van der Waals surface area contributed by atoms with E-state index in [1.807, 2.05) is 49.4 Å². The zero-order valence-corrected chi connectivity index (χ0v) is 13.3. The number of hydrogen-bond donors (Lipinski definition) is 1. The number of carbonyl (C=O) groups excluding carboxylic acids is 1. The second-order valence-electron chi connectivity index (χ2n) is 4.80. The molecule has 0 spiro atoms. The first kappa shape index (κ1) is 16.5. The molecule has 5 nitrogen and oxygen atoms in total. The van der Waals surface area contributed by atoms with Crippen molar-refractivity contribution < 1.29 is 14.3 Å². The zero-order valence-electron chi connectivity index (χ0n) is 13.3. The van der Waals surface area contributed by atoms with Crippen molar-refractivity contribution in [1.29, 1.82) is 0 Å². The van der Waals surface area contributed by atoms with Crippen LogP contribution in [0, 0.1) is 0 Å². The largest absolute Gasteiger partial charge is 0.493 e. The van der Waals surface area contributed by atoms with Crippen LogP contribution < -0.4 is 14.8 Å². The Bertz CT molecular complexity index is 669. The van der Waals surface area contributed by atoms with E-state index in [-0.39, 0.29) is 12.5 Å². The lowest BCUT2D eigenvalue weighted by Crippen LogP contribution is -2.28. The van der Waals surface area contributed by atoms with E-state index in [4.69, 9.17) is 9.47 Å². The first-order chi connectivity index (χ1) is 11.2. The van der Waals surface area contributed by atoms with E-state index >= 15 is 0 Å². The molecule has 1 N–H and O–H groups in total. The number of aromatic nitrogens is 1. The Balaban J connectivity index is 1.88. The smallest absolute Gasteiger partial charge is 0.258 e. The van der Waals surface area contributed by atoms with Gasteiger partial charge < -0.3 is 14.8 Å². The van der Waals surface area contributed by atoms with Crippen molar-refractivity contribution in [3.8, 4) is 11.5 Å². The third-order valence-corrected chi connectivity index (χ3v) is 3.10. The standard InChI is InChI=1S/C18H20N2O3/c1-3-6-14-8-9-16(17(11-14)22-2)23-13-18(21)20-12-15-7-4-5-10-19-15/h3-11H,12-13H2,1-2H3,(H,20,21)/b6-3+. The highest BCUT2D eigenvalue weighted by Gasteiger charge is 2.08. The molecule has 0 radical (unpaired) electrons. The number of rotatable bonds is 7. The number of amides is 1. The minimum absolute atomic E-state index is 0.0772. The third kappa shape index (κ3) is 5.14. The molecule has 120 valence electrons. The van der Waals surface area contributed by atoms with Gasteiger partial charge in [0.2, 0.25) is 0 Å². The molecule has 0 bridgehead atoms. The first-order valence-electron chi connectivity index (χ1n) is 7.33. The molecular weight excluding hydrogens is 292 g/mol. The minimum Gasteiger partial charge on any atom is -0.493 e. The molecule has 1 heterocycles. The van der Waals surface area contributed by atoms with E-state index in [1.54, 1.807) is 19.4 Å². The van der Waals surface area contributed by atoms with Gasteiger partial charge in [-0.3, -0.25) is 9.78 Å². The number of allylic oxidation sites excluding steroid dienone is 1. The molecule has 0 atom stereocenters. The summed E-state index contributed by atoms with van der Waals surface area (Å²) in [5, 5.41) is 2.76. The molecule has 2 rings (SSSR count). The van der Waals surface area contributed by atoms with Gasteiger partial charge in [-0.15, -0.1) is 0 Å². The molecule has 0 unspecified atom stereocenters. The Kier molecular flexibility index (Phi) is 6.17. The summed E-state index contributed by atoms with van der Waals surface area (Å²) in [5.41, 5.74) is 1.81. The van der Waals surface area contributed by atoms with Crippen molar-refractivity contribution >= 4 is 12.0 Å². The van der Waals surface area contributed by atoms with Crippen LogP contribution in [0.15, 0.2) is 48.7 Å². The van der Waals surface area contributed by atoms with Crippen molar-refractivity contribution in [2.75, 3.05) is 13.7 Å². The summed E-state index contributed by atoms with van der Waals surface area (Å²) in [4.78, 5) is 16.0. The quantitative estimate of drug-likeness (QED) is 0.854. The highest BCUT2D eigenvalue weighted by atomic mass is 16.5. The molecule has 1 amide bonds. The van der Waals surface area contributed by atoms with E-state index in [1.165, 1.54) is 0 Å². The van der Waals surface area contributed by atoms with E-state index in [0.29, 0.717) is 18.0 Å². The van der Waals surface area contributed by atoms with E-state index < -0.39 is 0 Å². The lowest BCUT2D eigenvalue weighted by Gasteiger charge is -2.11. The Hall–Kier alpha value is -2.82. The maximum atomic E-state index is 11.8. The number of pyridine rings is 1. The SMILES string of the molecule is C/C=C/c1ccc(OCC(=O)NCc2ccccn2)c(OC)c1. The fourth-order valence-corrected chi connectivity index (χ4v) is 1.99. The Morgan fingerprint density at radius 2 is 2.13 bits per heavy atom. The minimum atomic E-state index is -0.213. The van der Waals surface area contributed by atoms with E-state index in [2.05, 4.69) is 10.3 Å². The van der Waals surface area contributed by atoms with E-state index in [0.717, 1.165) is 11.3 Å². The molecule has 0 saturated carbocycles. The maximum absolute atomic E-state index is 11.8. The molecule has 1 aromatic heterocycles. The molecule has 0 aliphatic heterocycles. The monoisotopic (exact) mass is 312 g/mol. The molecule has 5 heteroatoms. The van der Waals surface area contributed by atoms with Gasteiger partial charge in [-0.25, -0.2) is 0 Å². The third-order valence-electron chi connectivity index (χ3n) is 3.10. The molecule has 0 fully saturated rings. The summed E-state index contributed by atoms with van der Waals surface area (Å²) in [7, 11) is 1.57. The maximum Gasteiger partial charge on any atom is 0.258 e. The van der Waals surface area contributed by atoms with Gasteiger partial charge in [-0.1, -0.05) is 24.3 Å². The van der Waals surface area contributed by atoms with Crippen LogP contribution in [0.4, 0.5) is 0 Å². The van der Waals surface area contributed by atoms with Gasteiger partial charge in [0, 0.05) is 6.20 Å². The zero-order chi connectivity index (χ0) is 16.5. The van der Waals surface area contributed by atoms with Crippen molar-refractivity contribution in [2.45, 2.75) is 13.5 Å². The highest BCUT2D eigenvalue weighted by Crippen LogP contribution is 2.28. The summed E-state index contributed by atoms with van der Waals surface area (Å²) < 4.78 is 10.8. The second-order valence-corrected chi connectivity index (χ2v) is 4.80. The second kappa shape index (κ2) is 8.58. The van der Waals surface area contributed by atoms with Crippen LogP contribution in [-0.4, -0.2) is 24.6 Å². The first-order valence-corrected chi connectivity index (χ1v) is 7.33. The van der Waals surface area contributed by atoms with Crippen molar-refractivity contribution in [3.05, 3.63) is 59.9 Å². The van der Waals surface area contributed by atoms with Crippen LogP contribution >= 0.6 is 0 Å². The lowest BCUT2D eigenvalue weighted by atomic mass is 10.2. The Labute approximate surface area is 136 Å². The normalized spacial score (nSPS) is 10.5. The number of methoxy groups -OCH3 is 1. The number of nitrogens with zero attached hydrogens (tertiary/aromatic N) is 1. The molecule has 0 saturated heterocycles. The summed E-state index contributed by atoms with van der Waals surface area (Å²) in [6.07, 6.45) is 5.60. The van der Waals surface area contributed by atoms with Crippen LogP contribution in [0.25, 0.3) is 6.08 Å². The molecule has 1 aromatic carbocycles. The van der Waals surface area contributed by atoms with Gasteiger partial charge in [-0.05, 0) is 36.8 Å². The molecule has 0 aliphatic rings. The average molecular weight is 312 g/mol. The van der Waals surface area contributed by atoms with E-state index in [9.17, 15) is 4.79 Å². The molecule has 2 aromatic rings. The predicted molar refractivity (Wildman–Crippen MR) is 89.3 cm³/mol. The van der Waals surface area contributed by atoms with Gasteiger partial charge in [0.15, 0.2) is 18.1 Å². The van der Waals surface area contributed by atoms with Crippen LogP contribution in [0.1, 0.15) is 18.2 Å². The fraction of sp³-hybridized carbons (Fsp3) is 0.222. The Morgan fingerprint density at radius 3 is 2.83 bits per heavy atom. The summed E-state index contributed by atoms with van der Waals surface area (Å²) in [6.45, 7) is 2.25. The van der Waals surface area contributed by atoms with Crippen molar-refractivity contribution in [1.82, 2.24) is 10.3 Å². The summed E-state index contributed by atoms with van der Waals surface area (Å²) in [6, 6.07) is 11.1. The van der Waals surface area contributed by atoms with Crippen molar-refractivity contribution in [3.63, 3.8) is 0 Å². The van der Waals surface area contributed by atoms with Crippen molar-refractivity contribution in [2.24, 2.45) is 0 Å². The van der Waals surface area contributed by atoms with Gasteiger partial charge >= 0.3 is 0 Å². The van der Waals surface area contributed by atoms with Gasteiger partial charge in [0.25, 0.3) is 5.91 Å². The van der Waals surface area contributed by atoms with Gasteiger partial charge in [0.05, 0.1) is 19.3 Å². The fourth-order valence-electron chi connectivity index (χ4n) is 1.99. The van der Waals surface area contributed by atoms with Crippen LogP contribution in [0.2, 0.25) is 0 Å². The number of nitrogens with one attached hydrogen (secondary N) is 1. The van der Waals surface area contributed by atoms with Crippen LogP contribution in [-0.2, 0) is 11.3 Å².